The highest BCUT2D eigenvalue weighted by Gasteiger charge is 2.31. The summed E-state index contributed by atoms with van der Waals surface area (Å²) in [6.07, 6.45) is 5.51. The van der Waals surface area contributed by atoms with Gasteiger partial charge in [-0.25, -0.2) is 9.97 Å². The van der Waals surface area contributed by atoms with Crippen LogP contribution in [0.4, 0.5) is 5.82 Å². The Hall–Kier alpha value is -1.65. The molecule has 0 aromatic carbocycles. The number of carboxylic acid groups (broad SMARTS) is 1. The maximum absolute atomic E-state index is 11.0. The summed E-state index contributed by atoms with van der Waals surface area (Å²) in [6, 6.07) is 0. The molecule has 1 atom stereocenters. The quantitative estimate of drug-likeness (QED) is 0.821. The number of carboxylic acids is 1. The van der Waals surface area contributed by atoms with Gasteiger partial charge in [-0.1, -0.05) is 0 Å². The zero-order valence-corrected chi connectivity index (χ0v) is 9.59. The van der Waals surface area contributed by atoms with E-state index in [1.807, 2.05) is 0 Å². The standard InChI is InChI=1S/C12H15N3O2/c16-12(17)8-4-5-15(6-8)11-9-2-1-3-10(9)13-7-14-11/h7-8H,1-6H2,(H,16,17)/t8-/m1/s1. The maximum Gasteiger partial charge on any atom is 0.308 e. The van der Waals surface area contributed by atoms with E-state index in [1.54, 1.807) is 6.33 Å². The van der Waals surface area contributed by atoms with Gasteiger partial charge in [-0.15, -0.1) is 0 Å². The van der Waals surface area contributed by atoms with Crippen LogP contribution in [-0.2, 0) is 17.6 Å². The summed E-state index contributed by atoms with van der Waals surface area (Å²) >= 11 is 0. The number of anilines is 1. The molecule has 0 unspecified atom stereocenters. The van der Waals surface area contributed by atoms with Gasteiger partial charge in [-0.3, -0.25) is 4.79 Å². The molecule has 90 valence electrons. The number of hydrogen-bond acceptors (Lipinski definition) is 4. The van der Waals surface area contributed by atoms with Gasteiger partial charge in [0.25, 0.3) is 0 Å². The summed E-state index contributed by atoms with van der Waals surface area (Å²) in [5.41, 5.74) is 2.38. The average Bonchev–Trinajstić information content (AvgIpc) is 2.97. The fourth-order valence-corrected chi connectivity index (χ4v) is 2.77. The number of fused-ring (bicyclic) bond motifs is 1. The zero-order valence-electron chi connectivity index (χ0n) is 9.59. The Labute approximate surface area is 99.5 Å². The Morgan fingerprint density at radius 3 is 3.06 bits per heavy atom. The first kappa shape index (κ1) is 10.5. The van der Waals surface area contributed by atoms with Gasteiger partial charge in [0, 0.05) is 24.3 Å². The van der Waals surface area contributed by atoms with Crippen LogP contribution in [0.5, 0.6) is 0 Å². The van der Waals surface area contributed by atoms with Crippen molar-refractivity contribution in [1.82, 2.24) is 9.97 Å². The molecule has 0 amide bonds. The zero-order chi connectivity index (χ0) is 11.8. The first-order valence-electron chi connectivity index (χ1n) is 6.06. The summed E-state index contributed by atoms with van der Waals surface area (Å²) in [7, 11) is 0. The van der Waals surface area contributed by atoms with Crippen LogP contribution in [0.15, 0.2) is 6.33 Å². The normalized spacial score (nSPS) is 22.8. The van der Waals surface area contributed by atoms with Crippen LogP contribution in [0.2, 0.25) is 0 Å². The molecule has 5 nitrogen and oxygen atoms in total. The first-order chi connectivity index (χ1) is 8.25. The molecule has 1 aliphatic heterocycles. The van der Waals surface area contributed by atoms with Crippen molar-refractivity contribution in [3.8, 4) is 0 Å². The molecule has 0 bridgehead atoms. The highest BCUT2D eigenvalue weighted by Crippen LogP contribution is 2.31. The van der Waals surface area contributed by atoms with Crippen molar-refractivity contribution >= 4 is 11.8 Å². The fourth-order valence-electron chi connectivity index (χ4n) is 2.77. The predicted octanol–water partition coefficient (Wildman–Crippen LogP) is 0.876. The molecule has 1 fully saturated rings. The monoisotopic (exact) mass is 233 g/mol. The largest absolute Gasteiger partial charge is 0.481 e. The van der Waals surface area contributed by atoms with Crippen molar-refractivity contribution in [3.05, 3.63) is 17.6 Å². The van der Waals surface area contributed by atoms with Crippen LogP contribution in [-0.4, -0.2) is 34.1 Å². The molecule has 3 rings (SSSR count). The Balaban J connectivity index is 1.86. The van der Waals surface area contributed by atoms with Gasteiger partial charge in [0.1, 0.15) is 12.1 Å². The van der Waals surface area contributed by atoms with Gasteiger partial charge < -0.3 is 10.0 Å². The SMILES string of the molecule is O=C(O)[C@@H]1CCN(c2ncnc3c2CCC3)C1. The molecule has 1 aliphatic carbocycles. The predicted molar refractivity (Wildman–Crippen MR) is 62.0 cm³/mol. The second-order valence-electron chi connectivity index (χ2n) is 4.75. The second kappa shape index (κ2) is 3.98. The van der Waals surface area contributed by atoms with E-state index in [1.165, 1.54) is 5.56 Å². The molecule has 0 saturated carbocycles. The lowest BCUT2D eigenvalue weighted by molar-refractivity contribution is -0.140. The number of hydrogen-bond donors (Lipinski definition) is 1. The molecule has 1 saturated heterocycles. The third-order valence-electron chi connectivity index (χ3n) is 3.69. The fraction of sp³-hybridized carbons (Fsp3) is 0.583. The van der Waals surface area contributed by atoms with Crippen molar-refractivity contribution in [1.29, 1.82) is 0 Å². The number of nitrogens with zero attached hydrogens (tertiary/aromatic N) is 3. The van der Waals surface area contributed by atoms with Gasteiger partial charge in [-0.05, 0) is 25.7 Å². The number of rotatable bonds is 2. The molecule has 0 spiro atoms. The molecule has 1 aromatic rings. The molecule has 2 heterocycles. The van der Waals surface area contributed by atoms with Crippen molar-refractivity contribution in [2.24, 2.45) is 5.92 Å². The van der Waals surface area contributed by atoms with E-state index in [2.05, 4.69) is 14.9 Å². The molecule has 0 radical (unpaired) electrons. The van der Waals surface area contributed by atoms with Gasteiger partial charge in [0.2, 0.25) is 0 Å². The van der Waals surface area contributed by atoms with Gasteiger partial charge in [0.05, 0.1) is 5.92 Å². The molecular weight excluding hydrogens is 218 g/mol. The molecule has 2 aliphatic rings. The lowest BCUT2D eigenvalue weighted by atomic mass is 10.1. The maximum atomic E-state index is 11.0. The van der Waals surface area contributed by atoms with E-state index in [0.29, 0.717) is 13.0 Å². The van der Waals surface area contributed by atoms with E-state index >= 15 is 0 Å². The number of aryl methyl sites for hydroxylation is 1. The van der Waals surface area contributed by atoms with Crippen LogP contribution >= 0.6 is 0 Å². The van der Waals surface area contributed by atoms with Crippen molar-refractivity contribution in [2.45, 2.75) is 25.7 Å². The van der Waals surface area contributed by atoms with Crippen LogP contribution in [0.3, 0.4) is 0 Å². The molecule has 5 heteroatoms. The topological polar surface area (TPSA) is 66.3 Å². The smallest absolute Gasteiger partial charge is 0.308 e. The van der Waals surface area contributed by atoms with Crippen LogP contribution in [0.1, 0.15) is 24.1 Å². The van der Waals surface area contributed by atoms with E-state index in [-0.39, 0.29) is 5.92 Å². The molecule has 17 heavy (non-hydrogen) atoms. The average molecular weight is 233 g/mol. The molecule has 1 N–H and O–H groups in total. The molecular formula is C12H15N3O2. The van der Waals surface area contributed by atoms with E-state index in [0.717, 1.165) is 37.3 Å². The highest BCUT2D eigenvalue weighted by atomic mass is 16.4. The summed E-state index contributed by atoms with van der Waals surface area (Å²) in [6.45, 7) is 1.37. The number of aliphatic carboxylic acids is 1. The Morgan fingerprint density at radius 1 is 1.41 bits per heavy atom. The van der Waals surface area contributed by atoms with Crippen molar-refractivity contribution in [3.63, 3.8) is 0 Å². The lowest BCUT2D eigenvalue weighted by Gasteiger charge is -2.19. The third kappa shape index (κ3) is 1.75. The van der Waals surface area contributed by atoms with Gasteiger partial charge >= 0.3 is 5.97 Å². The van der Waals surface area contributed by atoms with Crippen LogP contribution < -0.4 is 4.90 Å². The second-order valence-corrected chi connectivity index (χ2v) is 4.75. The van der Waals surface area contributed by atoms with E-state index in [9.17, 15) is 4.79 Å². The summed E-state index contributed by atoms with van der Waals surface area (Å²) < 4.78 is 0. The minimum absolute atomic E-state index is 0.248. The minimum Gasteiger partial charge on any atom is -0.481 e. The summed E-state index contributed by atoms with van der Waals surface area (Å²) in [5.74, 6) is 0.0245. The summed E-state index contributed by atoms with van der Waals surface area (Å²) in [5, 5.41) is 9.01. The van der Waals surface area contributed by atoms with Gasteiger partial charge in [0.15, 0.2) is 0 Å². The Morgan fingerprint density at radius 2 is 2.29 bits per heavy atom. The molecule has 1 aromatic heterocycles. The third-order valence-corrected chi connectivity index (χ3v) is 3.69. The highest BCUT2D eigenvalue weighted by molar-refractivity contribution is 5.72. The van der Waals surface area contributed by atoms with E-state index < -0.39 is 5.97 Å². The number of aromatic nitrogens is 2. The minimum atomic E-state index is -0.696. The van der Waals surface area contributed by atoms with E-state index in [4.69, 9.17) is 5.11 Å². The Kier molecular flexibility index (Phi) is 2.46. The van der Waals surface area contributed by atoms with Crippen LogP contribution in [0, 0.1) is 5.92 Å². The Bertz CT molecular complexity index is 461. The van der Waals surface area contributed by atoms with Crippen molar-refractivity contribution in [2.75, 3.05) is 18.0 Å². The lowest BCUT2D eigenvalue weighted by Crippen LogP contribution is -2.24. The number of carbonyl (C=O) groups is 1. The van der Waals surface area contributed by atoms with Crippen molar-refractivity contribution < 1.29 is 9.90 Å². The first-order valence-corrected chi connectivity index (χ1v) is 6.06. The van der Waals surface area contributed by atoms with Crippen LogP contribution in [0.25, 0.3) is 0 Å². The summed E-state index contributed by atoms with van der Waals surface area (Å²) in [4.78, 5) is 21.7. The van der Waals surface area contributed by atoms with Gasteiger partial charge in [-0.2, -0.15) is 0 Å².